The molecule has 2 saturated carbocycles. The van der Waals surface area contributed by atoms with Crippen LogP contribution in [0.1, 0.15) is 90.9 Å². The van der Waals surface area contributed by atoms with Crippen LogP contribution in [0.25, 0.3) is 0 Å². The van der Waals surface area contributed by atoms with E-state index in [2.05, 4.69) is 13.8 Å². The van der Waals surface area contributed by atoms with Crippen molar-refractivity contribution in [3.8, 4) is 0 Å². The Hall–Kier alpha value is -0.120. The molecular formula is C18H34O3. The first-order valence-electron chi connectivity index (χ1n) is 9.22. The number of hydrogen-bond donors (Lipinski definition) is 0. The van der Waals surface area contributed by atoms with E-state index in [4.69, 9.17) is 14.2 Å². The molecule has 3 nitrogen and oxygen atoms in total. The Kier molecular flexibility index (Phi) is 6.97. The molecule has 2 aliphatic rings. The summed E-state index contributed by atoms with van der Waals surface area (Å²) in [6.45, 7) is 5.61. The second-order valence-corrected chi connectivity index (χ2v) is 6.62. The standard InChI is InChI=1S/C18H34O3/c1-3-19-17(13-9-5-6-10-14-17)21-18(20-4-2)15-11-7-8-12-16-18/h3-16H2,1-2H3. The van der Waals surface area contributed by atoms with Crippen molar-refractivity contribution < 1.29 is 14.2 Å². The molecule has 0 aliphatic heterocycles. The molecule has 0 spiro atoms. The zero-order valence-corrected chi connectivity index (χ0v) is 14.1. The molecule has 124 valence electrons. The quantitative estimate of drug-likeness (QED) is 0.499. The van der Waals surface area contributed by atoms with Gasteiger partial charge in [-0.25, -0.2) is 0 Å². The first-order valence-corrected chi connectivity index (χ1v) is 9.22. The smallest absolute Gasteiger partial charge is 0.171 e. The van der Waals surface area contributed by atoms with Crippen LogP contribution in [0.2, 0.25) is 0 Å². The van der Waals surface area contributed by atoms with E-state index in [1.165, 1.54) is 51.4 Å². The fourth-order valence-corrected chi connectivity index (χ4v) is 3.95. The van der Waals surface area contributed by atoms with Gasteiger partial charge in [0.2, 0.25) is 0 Å². The maximum atomic E-state index is 6.70. The fourth-order valence-electron chi connectivity index (χ4n) is 3.95. The molecule has 0 aromatic rings. The lowest BCUT2D eigenvalue weighted by atomic mass is 10.0. The van der Waals surface area contributed by atoms with Crippen LogP contribution in [0.15, 0.2) is 0 Å². The monoisotopic (exact) mass is 298 g/mol. The first kappa shape index (κ1) is 17.2. The predicted octanol–water partition coefficient (Wildman–Crippen LogP) is 5.18. The summed E-state index contributed by atoms with van der Waals surface area (Å²) in [5.74, 6) is -0.796. The third kappa shape index (κ3) is 4.94. The maximum absolute atomic E-state index is 6.70. The minimum atomic E-state index is -0.398. The van der Waals surface area contributed by atoms with Crippen LogP contribution in [0.5, 0.6) is 0 Å². The van der Waals surface area contributed by atoms with Crippen molar-refractivity contribution in [2.24, 2.45) is 0 Å². The molecule has 0 N–H and O–H groups in total. The van der Waals surface area contributed by atoms with E-state index in [0.717, 1.165) is 38.9 Å². The average Bonchev–Trinajstić information content (AvgIpc) is 2.81. The molecule has 0 aromatic heterocycles. The predicted molar refractivity (Wildman–Crippen MR) is 85.2 cm³/mol. The highest BCUT2D eigenvalue weighted by Crippen LogP contribution is 2.41. The summed E-state index contributed by atoms with van der Waals surface area (Å²) in [5, 5.41) is 0. The molecule has 0 heterocycles. The van der Waals surface area contributed by atoms with E-state index in [9.17, 15) is 0 Å². The fraction of sp³-hybridized carbons (Fsp3) is 1.00. The molecule has 3 heteroatoms. The summed E-state index contributed by atoms with van der Waals surface area (Å²) in [4.78, 5) is 0. The lowest BCUT2D eigenvalue weighted by Gasteiger charge is -2.43. The second-order valence-electron chi connectivity index (χ2n) is 6.62. The third-order valence-corrected chi connectivity index (χ3v) is 4.92. The van der Waals surface area contributed by atoms with Crippen molar-refractivity contribution in [1.82, 2.24) is 0 Å². The molecule has 0 unspecified atom stereocenters. The summed E-state index contributed by atoms with van der Waals surface area (Å²) in [6.07, 6.45) is 14.2. The lowest BCUT2D eigenvalue weighted by molar-refractivity contribution is -0.365. The van der Waals surface area contributed by atoms with Gasteiger partial charge < -0.3 is 14.2 Å². The lowest BCUT2D eigenvalue weighted by Crippen LogP contribution is -2.48. The topological polar surface area (TPSA) is 27.7 Å². The van der Waals surface area contributed by atoms with Gasteiger partial charge in [0.1, 0.15) is 0 Å². The molecule has 0 atom stereocenters. The van der Waals surface area contributed by atoms with Gasteiger partial charge in [-0.3, -0.25) is 0 Å². The summed E-state index contributed by atoms with van der Waals surface area (Å²) >= 11 is 0. The Labute approximate surface area is 130 Å². The van der Waals surface area contributed by atoms with Gasteiger partial charge in [-0.15, -0.1) is 0 Å². The zero-order chi connectivity index (χ0) is 15.0. The highest BCUT2D eigenvalue weighted by atomic mass is 16.8. The van der Waals surface area contributed by atoms with Crippen molar-refractivity contribution in [1.29, 1.82) is 0 Å². The normalized spacial score (nSPS) is 26.0. The van der Waals surface area contributed by atoms with Gasteiger partial charge in [0, 0.05) is 38.9 Å². The Bertz CT molecular complexity index is 246. The Morgan fingerprint density at radius 3 is 1.19 bits per heavy atom. The third-order valence-electron chi connectivity index (χ3n) is 4.92. The second kappa shape index (κ2) is 8.50. The average molecular weight is 298 g/mol. The van der Waals surface area contributed by atoms with E-state index < -0.39 is 11.6 Å². The Morgan fingerprint density at radius 1 is 0.571 bits per heavy atom. The molecule has 0 aromatic carbocycles. The van der Waals surface area contributed by atoms with Crippen LogP contribution in [0.3, 0.4) is 0 Å². The van der Waals surface area contributed by atoms with Gasteiger partial charge in [-0.1, -0.05) is 25.7 Å². The molecule has 2 fully saturated rings. The number of hydrogen-bond acceptors (Lipinski definition) is 3. The van der Waals surface area contributed by atoms with E-state index >= 15 is 0 Å². The highest BCUT2D eigenvalue weighted by Gasteiger charge is 2.43. The van der Waals surface area contributed by atoms with Gasteiger partial charge in [0.25, 0.3) is 0 Å². The van der Waals surface area contributed by atoms with Gasteiger partial charge >= 0.3 is 0 Å². The van der Waals surface area contributed by atoms with Crippen LogP contribution in [0.4, 0.5) is 0 Å². The van der Waals surface area contributed by atoms with Crippen molar-refractivity contribution in [2.45, 2.75) is 102 Å². The Morgan fingerprint density at radius 2 is 0.905 bits per heavy atom. The molecule has 0 radical (unpaired) electrons. The van der Waals surface area contributed by atoms with Crippen molar-refractivity contribution in [2.75, 3.05) is 13.2 Å². The first-order chi connectivity index (χ1) is 10.2. The molecule has 0 amide bonds. The zero-order valence-electron chi connectivity index (χ0n) is 14.1. The molecule has 2 rings (SSSR count). The minimum Gasteiger partial charge on any atom is -0.350 e. The van der Waals surface area contributed by atoms with E-state index in [1.54, 1.807) is 0 Å². The van der Waals surface area contributed by atoms with Gasteiger partial charge in [0.05, 0.1) is 0 Å². The van der Waals surface area contributed by atoms with E-state index in [0.29, 0.717) is 0 Å². The van der Waals surface area contributed by atoms with Crippen molar-refractivity contribution in [3.63, 3.8) is 0 Å². The SMILES string of the molecule is CCOC1(OC2(OCC)CCCCCC2)CCCCCC1. The van der Waals surface area contributed by atoms with Crippen LogP contribution in [-0.4, -0.2) is 24.8 Å². The molecule has 0 bridgehead atoms. The maximum Gasteiger partial charge on any atom is 0.171 e. The van der Waals surface area contributed by atoms with Gasteiger partial charge in [-0.05, 0) is 39.5 Å². The number of ether oxygens (including phenoxy) is 3. The highest BCUT2D eigenvalue weighted by molar-refractivity contribution is 4.82. The Balaban J connectivity index is 2.13. The number of rotatable bonds is 6. The van der Waals surface area contributed by atoms with Crippen molar-refractivity contribution in [3.05, 3.63) is 0 Å². The van der Waals surface area contributed by atoms with Crippen molar-refractivity contribution >= 4 is 0 Å². The van der Waals surface area contributed by atoms with Gasteiger partial charge in [-0.2, -0.15) is 0 Å². The summed E-state index contributed by atoms with van der Waals surface area (Å²) in [6, 6.07) is 0. The summed E-state index contributed by atoms with van der Waals surface area (Å²) < 4.78 is 19.0. The van der Waals surface area contributed by atoms with Crippen LogP contribution in [0, 0.1) is 0 Å². The minimum absolute atomic E-state index is 0.398. The molecule has 21 heavy (non-hydrogen) atoms. The van der Waals surface area contributed by atoms with Crippen LogP contribution >= 0.6 is 0 Å². The van der Waals surface area contributed by atoms with Gasteiger partial charge in [0.15, 0.2) is 11.6 Å². The van der Waals surface area contributed by atoms with Crippen LogP contribution < -0.4 is 0 Å². The van der Waals surface area contributed by atoms with E-state index in [1.807, 2.05) is 0 Å². The molecule has 0 saturated heterocycles. The molecular weight excluding hydrogens is 264 g/mol. The van der Waals surface area contributed by atoms with E-state index in [-0.39, 0.29) is 0 Å². The summed E-state index contributed by atoms with van der Waals surface area (Å²) in [7, 11) is 0. The largest absolute Gasteiger partial charge is 0.350 e. The van der Waals surface area contributed by atoms with Crippen LogP contribution in [-0.2, 0) is 14.2 Å². The molecule has 2 aliphatic carbocycles. The summed E-state index contributed by atoms with van der Waals surface area (Å²) in [5.41, 5.74) is 0.